The van der Waals surface area contributed by atoms with Crippen LogP contribution in [0, 0.1) is 12.7 Å². The van der Waals surface area contributed by atoms with E-state index in [1.807, 2.05) is 19.1 Å². The molecule has 0 aliphatic rings. The van der Waals surface area contributed by atoms with Crippen molar-refractivity contribution in [3.8, 4) is 22.5 Å². The molecule has 0 unspecified atom stereocenters. The van der Waals surface area contributed by atoms with Crippen LogP contribution in [0.25, 0.3) is 22.5 Å². The number of benzene rings is 3. The van der Waals surface area contributed by atoms with Crippen LogP contribution >= 0.6 is 0 Å². The number of anilines is 1. The number of aromatic nitrogens is 2. The SMILES string of the molecule is Cc1ccc(S(=O)(=O)Nc2nc(-c3ccccc3)c(F)c(-c3ccccc3)n2)cc1. The third kappa shape index (κ3) is 4.06. The number of nitrogens with one attached hydrogen (secondary N) is 1. The van der Waals surface area contributed by atoms with Gasteiger partial charge in [-0.3, -0.25) is 0 Å². The fourth-order valence-corrected chi connectivity index (χ4v) is 3.91. The van der Waals surface area contributed by atoms with Crippen LogP contribution in [0.15, 0.2) is 89.8 Å². The number of halogens is 1. The van der Waals surface area contributed by atoms with Gasteiger partial charge >= 0.3 is 0 Å². The maximum Gasteiger partial charge on any atom is 0.264 e. The van der Waals surface area contributed by atoms with Crippen LogP contribution in [0.5, 0.6) is 0 Å². The molecule has 0 saturated carbocycles. The van der Waals surface area contributed by atoms with Crippen LogP contribution in [0.2, 0.25) is 0 Å². The summed E-state index contributed by atoms with van der Waals surface area (Å²) in [5.41, 5.74) is 2.01. The van der Waals surface area contributed by atoms with Gasteiger partial charge < -0.3 is 0 Å². The highest BCUT2D eigenvalue weighted by atomic mass is 32.2. The van der Waals surface area contributed by atoms with Gasteiger partial charge in [-0.1, -0.05) is 78.4 Å². The van der Waals surface area contributed by atoms with Crippen LogP contribution in [0.1, 0.15) is 5.56 Å². The van der Waals surface area contributed by atoms with Gasteiger partial charge in [0.1, 0.15) is 11.4 Å². The highest BCUT2D eigenvalue weighted by Gasteiger charge is 2.21. The fraction of sp³-hybridized carbons (Fsp3) is 0.0435. The normalized spacial score (nSPS) is 11.3. The van der Waals surface area contributed by atoms with Gasteiger partial charge in [0.2, 0.25) is 5.95 Å². The molecule has 4 aromatic rings. The Morgan fingerprint density at radius 1 is 0.733 bits per heavy atom. The summed E-state index contributed by atoms with van der Waals surface area (Å²) in [5.74, 6) is -0.819. The average molecular weight is 419 g/mol. The molecule has 1 aromatic heterocycles. The molecular weight excluding hydrogens is 401 g/mol. The van der Waals surface area contributed by atoms with Gasteiger partial charge in [0.25, 0.3) is 10.0 Å². The molecule has 4 rings (SSSR count). The number of sulfonamides is 1. The van der Waals surface area contributed by atoms with Crippen molar-refractivity contribution in [2.24, 2.45) is 0 Å². The first-order chi connectivity index (χ1) is 14.4. The third-order valence-electron chi connectivity index (χ3n) is 4.50. The van der Waals surface area contributed by atoms with E-state index in [-0.39, 0.29) is 22.2 Å². The molecule has 150 valence electrons. The Labute approximate surface area is 174 Å². The molecule has 0 saturated heterocycles. The third-order valence-corrected chi connectivity index (χ3v) is 5.85. The average Bonchev–Trinajstić information content (AvgIpc) is 2.76. The highest BCUT2D eigenvalue weighted by molar-refractivity contribution is 7.92. The van der Waals surface area contributed by atoms with E-state index in [1.165, 1.54) is 12.1 Å². The summed E-state index contributed by atoms with van der Waals surface area (Å²) in [5, 5.41) is 0. The quantitative estimate of drug-likeness (QED) is 0.491. The minimum absolute atomic E-state index is 0.0195. The lowest BCUT2D eigenvalue weighted by molar-refractivity contribution is 0.600. The van der Waals surface area contributed by atoms with Crippen molar-refractivity contribution < 1.29 is 12.8 Å². The summed E-state index contributed by atoms with van der Waals surface area (Å²) in [6.07, 6.45) is 0. The smallest absolute Gasteiger partial charge is 0.247 e. The van der Waals surface area contributed by atoms with E-state index >= 15 is 4.39 Å². The summed E-state index contributed by atoms with van der Waals surface area (Å²) in [7, 11) is -3.94. The predicted molar refractivity (Wildman–Crippen MR) is 115 cm³/mol. The maximum absolute atomic E-state index is 15.3. The lowest BCUT2D eigenvalue weighted by atomic mass is 10.1. The molecule has 1 heterocycles. The number of nitrogens with zero attached hydrogens (tertiary/aromatic N) is 2. The van der Waals surface area contributed by atoms with Gasteiger partial charge in [0.15, 0.2) is 5.82 Å². The number of hydrogen-bond acceptors (Lipinski definition) is 4. The first kappa shape index (κ1) is 19.7. The number of aryl methyl sites for hydroxylation is 1. The second-order valence-corrected chi connectivity index (χ2v) is 8.39. The number of hydrogen-bond donors (Lipinski definition) is 1. The summed E-state index contributed by atoms with van der Waals surface area (Å²) < 4.78 is 43.3. The molecule has 0 fully saturated rings. The molecule has 0 atom stereocenters. The molecule has 0 aliphatic carbocycles. The van der Waals surface area contributed by atoms with Crippen LogP contribution in [0.3, 0.4) is 0 Å². The molecule has 1 N–H and O–H groups in total. The monoisotopic (exact) mass is 419 g/mol. The summed E-state index contributed by atoms with van der Waals surface area (Å²) in [6.45, 7) is 1.87. The second-order valence-electron chi connectivity index (χ2n) is 6.71. The Morgan fingerprint density at radius 3 is 1.67 bits per heavy atom. The van der Waals surface area contributed by atoms with Gasteiger partial charge in [-0.05, 0) is 19.1 Å². The van der Waals surface area contributed by atoms with Gasteiger partial charge in [-0.2, -0.15) is 0 Å². The molecule has 7 heteroatoms. The molecular formula is C23H18FN3O2S. The van der Waals surface area contributed by atoms with E-state index in [2.05, 4.69) is 14.7 Å². The largest absolute Gasteiger partial charge is 0.264 e. The zero-order valence-corrected chi connectivity index (χ0v) is 16.9. The van der Waals surface area contributed by atoms with Crippen LogP contribution in [-0.4, -0.2) is 18.4 Å². The van der Waals surface area contributed by atoms with Crippen LogP contribution in [-0.2, 0) is 10.0 Å². The van der Waals surface area contributed by atoms with E-state index in [1.54, 1.807) is 60.7 Å². The molecule has 0 aliphatic heterocycles. The van der Waals surface area contributed by atoms with Crippen molar-refractivity contribution in [3.63, 3.8) is 0 Å². The van der Waals surface area contributed by atoms with Crippen molar-refractivity contribution in [2.45, 2.75) is 11.8 Å². The molecule has 30 heavy (non-hydrogen) atoms. The lowest BCUT2D eigenvalue weighted by Crippen LogP contribution is -2.16. The van der Waals surface area contributed by atoms with E-state index < -0.39 is 15.8 Å². The minimum atomic E-state index is -3.94. The molecule has 3 aromatic carbocycles. The highest BCUT2D eigenvalue weighted by Crippen LogP contribution is 2.30. The fourth-order valence-electron chi connectivity index (χ4n) is 2.96. The molecule has 0 amide bonds. The lowest BCUT2D eigenvalue weighted by Gasteiger charge is -2.12. The molecule has 0 spiro atoms. The molecule has 5 nitrogen and oxygen atoms in total. The van der Waals surface area contributed by atoms with Crippen molar-refractivity contribution >= 4 is 16.0 Å². The zero-order chi connectivity index (χ0) is 21.1. The zero-order valence-electron chi connectivity index (χ0n) is 16.1. The van der Waals surface area contributed by atoms with Gasteiger partial charge in [0.05, 0.1) is 4.90 Å². The van der Waals surface area contributed by atoms with Gasteiger partial charge in [-0.25, -0.2) is 27.5 Å². The van der Waals surface area contributed by atoms with Crippen molar-refractivity contribution in [1.29, 1.82) is 0 Å². The summed E-state index contributed by atoms with van der Waals surface area (Å²) >= 11 is 0. The predicted octanol–water partition coefficient (Wildman–Crippen LogP) is 5.06. The first-order valence-corrected chi connectivity index (χ1v) is 10.7. The molecule has 0 radical (unpaired) electrons. The Bertz CT molecular complexity index is 1220. The Hall–Kier alpha value is -3.58. The minimum Gasteiger partial charge on any atom is -0.247 e. The maximum atomic E-state index is 15.3. The van der Waals surface area contributed by atoms with Gasteiger partial charge in [-0.15, -0.1) is 0 Å². The van der Waals surface area contributed by atoms with Crippen molar-refractivity contribution in [3.05, 3.63) is 96.3 Å². The standard InChI is InChI=1S/C23H18FN3O2S/c1-16-12-14-19(15-13-16)30(28,29)27-23-25-21(17-8-4-2-5-9-17)20(24)22(26-23)18-10-6-3-7-11-18/h2-15H,1H3,(H,25,26,27). The Morgan fingerprint density at radius 2 is 1.20 bits per heavy atom. The Kier molecular flexibility index (Phi) is 5.29. The first-order valence-electron chi connectivity index (χ1n) is 9.22. The van der Waals surface area contributed by atoms with Gasteiger partial charge in [0, 0.05) is 11.1 Å². The molecule has 0 bridgehead atoms. The van der Waals surface area contributed by atoms with Crippen molar-refractivity contribution in [2.75, 3.05) is 4.72 Å². The van der Waals surface area contributed by atoms with E-state index in [4.69, 9.17) is 0 Å². The van der Waals surface area contributed by atoms with E-state index in [0.29, 0.717) is 11.1 Å². The number of rotatable bonds is 5. The summed E-state index contributed by atoms with van der Waals surface area (Å²) in [4.78, 5) is 8.43. The van der Waals surface area contributed by atoms with E-state index in [9.17, 15) is 8.42 Å². The Balaban J connectivity index is 1.84. The second kappa shape index (κ2) is 8.04. The topological polar surface area (TPSA) is 72.0 Å². The van der Waals surface area contributed by atoms with Crippen LogP contribution in [0.4, 0.5) is 10.3 Å². The van der Waals surface area contributed by atoms with E-state index in [0.717, 1.165) is 5.56 Å². The van der Waals surface area contributed by atoms with Crippen molar-refractivity contribution in [1.82, 2.24) is 9.97 Å². The van der Waals surface area contributed by atoms with Crippen LogP contribution < -0.4 is 4.72 Å². The summed E-state index contributed by atoms with van der Waals surface area (Å²) in [6, 6.07) is 23.9.